The largest absolute Gasteiger partial charge is 0.381 e. The summed E-state index contributed by atoms with van der Waals surface area (Å²) >= 11 is 1.74. The highest BCUT2D eigenvalue weighted by atomic mass is 127. The molecule has 0 aliphatic heterocycles. The van der Waals surface area contributed by atoms with Gasteiger partial charge in [0.2, 0.25) is 0 Å². The molecule has 1 heterocycles. The predicted octanol–water partition coefficient (Wildman–Crippen LogP) is 4.09. The van der Waals surface area contributed by atoms with Crippen LogP contribution in [0.3, 0.4) is 0 Å². The molecule has 4 nitrogen and oxygen atoms in total. The Kier molecular flexibility index (Phi) is 13.8. The van der Waals surface area contributed by atoms with Gasteiger partial charge in [0.05, 0.1) is 0 Å². The third-order valence-corrected chi connectivity index (χ3v) is 3.89. The summed E-state index contributed by atoms with van der Waals surface area (Å²) in [4.78, 5) is 4.67. The van der Waals surface area contributed by atoms with E-state index in [4.69, 9.17) is 4.74 Å². The molecule has 134 valence electrons. The summed E-state index contributed by atoms with van der Waals surface area (Å²) in [5, 5.41) is 11.0. The van der Waals surface area contributed by atoms with Gasteiger partial charge in [0.1, 0.15) is 0 Å². The number of halogens is 1. The van der Waals surface area contributed by atoms with Gasteiger partial charge in [-0.1, -0.05) is 20.8 Å². The highest BCUT2D eigenvalue weighted by molar-refractivity contribution is 14.0. The second-order valence-electron chi connectivity index (χ2n) is 5.93. The zero-order valence-electron chi connectivity index (χ0n) is 14.8. The van der Waals surface area contributed by atoms with Crippen LogP contribution < -0.4 is 10.6 Å². The third-order valence-electron chi connectivity index (χ3n) is 3.19. The van der Waals surface area contributed by atoms with Crippen molar-refractivity contribution in [2.75, 3.05) is 32.8 Å². The number of aliphatic imine (C=N–C) groups is 1. The topological polar surface area (TPSA) is 45.7 Å². The molecule has 1 aromatic heterocycles. The molecular weight excluding hydrogens is 421 g/mol. The van der Waals surface area contributed by atoms with Gasteiger partial charge in [-0.15, -0.1) is 24.0 Å². The van der Waals surface area contributed by atoms with Crippen LogP contribution in [0, 0.1) is 5.92 Å². The van der Waals surface area contributed by atoms with E-state index in [1.807, 2.05) is 0 Å². The van der Waals surface area contributed by atoms with E-state index in [9.17, 15) is 0 Å². The van der Waals surface area contributed by atoms with Crippen LogP contribution in [0.25, 0.3) is 0 Å². The first-order chi connectivity index (χ1) is 10.6. The Balaban J connectivity index is 0.00000484. The van der Waals surface area contributed by atoms with E-state index >= 15 is 0 Å². The molecule has 0 radical (unpaired) electrons. The average molecular weight is 453 g/mol. The van der Waals surface area contributed by atoms with Crippen molar-refractivity contribution < 1.29 is 4.74 Å². The van der Waals surface area contributed by atoms with E-state index in [0.717, 1.165) is 45.2 Å². The van der Waals surface area contributed by atoms with Crippen LogP contribution in [-0.4, -0.2) is 38.8 Å². The fourth-order valence-electron chi connectivity index (χ4n) is 1.93. The van der Waals surface area contributed by atoms with Crippen molar-refractivity contribution in [3.8, 4) is 0 Å². The molecule has 1 unspecified atom stereocenters. The van der Waals surface area contributed by atoms with Crippen molar-refractivity contribution in [1.82, 2.24) is 10.6 Å². The zero-order valence-corrected chi connectivity index (χ0v) is 17.9. The molecule has 0 saturated carbocycles. The minimum Gasteiger partial charge on any atom is -0.381 e. The number of rotatable bonds is 10. The standard InChI is InChI=1S/C17H31N3OS.HI/c1-5-18-17(19-8-6-9-21-12-14(2)3)20-11-15(4)16-7-10-22-13-16;/h7,10,13-15H,5-6,8-9,11-12H2,1-4H3,(H2,18,19,20);1H. The minimum atomic E-state index is 0. The van der Waals surface area contributed by atoms with Crippen LogP contribution in [0.1, 0.15) is 45.6 Å². The van der Waals surface area contributed by atoms with Gasteiger partial charge in [-0.3, -0.25) is 4.99 Å². The van der Waals surface area contributed by atoms with E-state index < -0.39 is 0 Å². The Morgan fingerprint density at radius 3 is 2.70 bits per heavy atom. The van der Waals surface area contributed by atoms with Crippen LogP contribution in [0.5, 0.6) is 0 Å². The molecule has 23 heavy (non-hydrogen) atoms. The number of thiophene rings is 1. The van der Waals surface area contributed by atoms with E-state index in [-0.39, 0.29) is 24.0 Å². The number of hydrogen-bond donors (Lipinski definition) is 2. The Hall–Kier alpha value is -0.340. The number of nitrogens with zero attached hydrogens (tertiary/aromatic N) is 1. The first-order valence-corrected chi connectivity index (χ1v) is 9.19. The highest BCUT2D eigenvalue weighted by Gasteiger charge is 2.05. The summed E-state index contributed by atoms with van der Waals surface area (Å²) in [6.07, 6.45) is 0.997. The van der Waals surface area contributed by atoms with Gasteiger partial charge in [0.25, 0.3) is 0 Å². The highest BCUT2D eigenvalue weighted by Crippen LogP contribution is 2.18. The Bertz CT molecular complexity index is 410. The lowest BCUT2D eigenvalue weighted by Crippen LogP contribution is -2.38. The van der Waals surface area contributed by atoms with Crippen LogP contribution in [0.4, 0.5) is 0 Å². The van der Waals surface area contributed by atoms with Crippen molar-refractivity contribution in [1.29, 1.82) is 0 Å². The number of ether oxygens (including phenoxy) is 1. The molecule has 1 atom stereocenters. The lowest BCUT2D eigenvalue weighted by Gasteiger charge is -2.13. The first-order valence-electron chi connectivity index (χ1n) is 8.25. The lowest BCUT2D eigenvalue weighted by atomic mass is 10.1. The van der Waals surface area contributed by atoms with Gasteiger partial charge < -0.3 is 15.4 Å². The van der Waals surface area contributed by atoms with Gasteiger partial charge in [-0.05, 0) is 41.7 Å². The Morgan fingerprint density at radius 2 is 2.09 bits per heavy atom. The van der Waals surface area contributed by atoms with Crippen molar-refractivity contribution in [3.63, 3.8) is 0 Å². The maximum atomic E-state index is 5.58. The van der Waals surface area contributed by atoms with Gasteiger partial charge in [0.15, 0.2) is 5.96 Å². The van der Waals surface area contributed by atoms with Gasteiger partial charge >= 0.3 is 0 Å². The molecule has 0 amide bonds. The third kappa shape index (κ3) is 10.9. The second-order valence-corrected chi connectivity index (χ2v) is 6.71. The lowest BCUT2D eigenvalue weighted by molar-refractivity contribution is 0.108. The normalized spacial score (nSPS) is 12.8. The number of hydrogen-bond acceptors (Lipinski definition) is 3. The maximum absolute atomic E-state index is 5.58. The molecule has 6 heteroatoms. The molecule has 1 aromatic rings. The molecule has 0 bridgehead atoms. The number of guanidine groups is 1. The zero-order chi connectivity index (χ0) is 16.2. The van der Waals surface area contributed by atoms with Gasteiger partial charge in [0, 0.05) is 38.8 Å². The summed E-state index contributed by atoms with van der Waals surface area (Å²) in [7, 11) is 0. The van der Waals surface area contributed by atoms with Gasteiger partial charge in [-0.25, -0.2) is 0 Å². The average Bonchev–Trinajstić information content (AvgIpc) is 3.01. The smallest absolute Gasteiger partial charge is 0.191 e. The molecular formula is C17H32IN3OS. The molecule has 1 rings (SSSR count). The van der Waals surface area contributed by atoms with Crippen molar-refractivity contribution >= 4 is 41.3 Å². The molecule has 2 N–H and O–H groups in total. The van der Waals surface area contributed by atoms with E-state index in [0.29, 0.717) is 11.8 Å². The molecule has 0 fully saturated rings. The SMILES string of the molecule is CCNC(=NCC(C)c1ccsc1)NCCCOCC(C)C.I. The van der Waals surface area contributed by atoms with Crippen LogP contribution in [0.2, 0.25) is 0 Å². The quantitative estimate of drug-likeness (QED) is 0.243. The summed E-state index contributed by atoms with van der Waals surface area (Å²) in [6, 6.07) is 2.18. The maximum Gasteiger partial charge on any atom is 0.191 e. The van der Waals surface area contributed by atoms with Crippen LogP contribution in [0.15, 0.2) is 21.8 Å². The Labute approximate surface area is 162 Å². The summed E-state index contributed by atoms with van der Waals surface area (Å²) in [5.41, 5.74) is 1.37. The second kappa shape index (κ2) is 14.0. The van der Waals surface area contributed by atoms with Crippen molar-refractivity contribution in [2.45, 2.75) is 40.0 Å². The summed E-state index contributed by atoms with van der Waals surface area (Å²) < 4.78 is 5.58. The molecule has 0 aliphatic rings. The minimum absolute atomic E-state index is 0. The van der Waals surface area contributed by atoms with Crippen molar-refractivity contribution in [2.24, 2.45) is 10.9 Å². The van der Waals surface area contributed by atoms with E-state index in [2.05, 4.69) is 60.1 Å². The van der Waals surface area contributed by atoms with E-state index in [1.54, 1.807) is 11.3 Å². The van der Waals surface area contributed by atoms with Crippen molar-refractivity contribution in [3.05, 3.63) is 22.4 Å². The fourth-order valence-corrected chi connectivity index (χ4v) is 2.71. The summed E-state index contributed by atoms with van der Waals surface area (Å²) in [5.74, 6) is 1.95. The van der Waals surface area contributed by atoms with Crippen LogP contribution in [-0.2, 0) is 4.74 Å². The predicted molar refractivity (Wildman–Crippen MR) is 112 cm³/mol. The van der Waals surface area contributed by atoms with E-state index in [1.165, 1.54) is 5.56 Å². The van der Waals surface area contributed by atoms with Gasteiger partial charge in [-0.2, -0.15) is 11.3 Å². The molecule has 0 aliphatic carbocycles. The first kappa shape index (κ1) is 22.7. The molecule has 0 spiro atoms. The van der Waals surface area contributed by atoms with Crippen LogP contribution >= 0.6 is 35.3 Å². The monoisotopic (exact) mass is 453 g/mol. The fraction of sp³-hybridized carbons (Fsp3) is 0.706. The number of nitrogens with one attached hydrogen (secondary N) is 2. The Morgan fingerprint density at radius 1 is 1.30 bits per heavy atom. The molecule has 0 aromatic carbocycles. The summed E-state index contributed by atoms with van der Waals surface area (Å²) in [6.45, 7) is 12.9. The molecule has 0 saturated heterocycles.